The average Bonchev–Trinajstić information content (AvgIpc) is 2.27. The monoisotopic (exact) mass is 236 g/mol. The molecule has 4 N–H and O–H groups in total. The molecule has 1 amide bonds. The van der Waals surface area contributed by atoms with Crippen LogP contribution in [0.3, 0.4) is 0 Å². The number of amides is 1. The molecule has 1 atom stereocenters. The number of carbonyl (C=O) groups is 1. The van der Waals surface area contributed by atoms with Gasteiger partial charge >= 0.3 is 0 Å². The second-order valence-electron chi connectivity index (χ2n) is 4.62. The van der Waals surface area contributed by atoms with Gasteiger partial charge in [-0.15, -0.1) is 0 Å². The van der Waals surface area contributed by atoms with Crippen molar-refractivity contribution in [2.24, 2.45) is 11.7 Å². The number of hydrogen-bond acceptors (Lipinski definition) is 3. The Morgan fingerprint density at radius 3 is 2.47 bits per heavy atom. The van der Waals surface area contributed by atoms with Crippen LogP contribution in [0.2, 0.25) is 0 Å². The number of carbonyl (C=O) groups excluding carboxylic acids is 1. The van der Waals surface area contributed by atoms with Gasteiger partial charge < -0.3 is 16.2 Å². The lowest BCUT2D eigenvalue weighted by atomic mass is 10.0. The first-order valence-corrected chi connectivity index (χ1v) is 5.80. The van der Waals surface area contributed by atoms with Crippen molar-refractivity contribution in [3.8, 4) is 5.75 Å². The minimum Gasteiger partial charge on any atom is -0.508 e. The van der Waals surface area contributed by atoms with E-state index in [1.54, 1.807) is 24.3 Å². The molecule has 0 saturated heterocycles. The van der Waals surface area contributed by atoms with E-state index in [1.807, 2.05) is 13.8 Å². The number of benzene rings is 1. The van der Waals surface area contributed by atoms with Gasteiger partial charge in [-0.2, -0.15) is 0 Å². The summed E-state index contributed by atoms with van der Waals surface area (Å²) < 4.78 is 0. The minimum absolute atomic E-state index is 0.133. The second-order valence-corrected chi connectivity index (χ2v) is 4.62. The number of nitrogens with one attached hydrogen (secondary N) is 1. The molecular formula is C13H20N2O2. The highest BCUT2D eigenvalue weighted by Crippen LogP contribution is 2.09. The fraction of sp³-hybridized carbons (Fsp3) is 0.462. The molecule has 0 heterocycles. The predicted octanol–water partition coefficient (Wildman–Crippen LogP) is 1.38. The summed E-state index contributed by atoms with van der Waals surface area (Å²) in [6.45, 7) is 4.51. The summed E-state index contributed by atoms with van der Waals surface area (Å²) in [4.78, 5) is 11.6. The highest BCUT2D eigenvalue weighted by Gasteiger charge is 2.14. The van der Waals surface area contributed by atoms with E-state index >= 15 is 0 Å². The number of hydrogen-bond donors (Lipinski definition) is 3. The summed E-state index contributed by atoms with van der Waals surface area (Å²) in [5.74, 6) is 0.493. The van der Waals surface area contributed by atoms with E-state index < -0.39 is 6.04 Å². The van der Waals surface area contributed by atoms with Crippen molar-refractivity contribution in [3.05, 3.63) is 29.8 Å². The van der Waals surface area contributed by atoms with Gasteiger partial charge in [-0.25, -0.2) is 0 Å². The molecule has 1 rings (SSSR count). The molecule has 1 unspecified atom stereocenters. The predicted molar refractivity (Wildman–Crippen MR) is 67.4 cm³/mol. The quantitative estimate of drug-likeness (QED) is 0.723. The topological polar surface area (TPSA) is 75.4 Å². The van der Waals surface area contributed by atoms with Crippen LogP contribution < -0.4 is 11.1 Å². The van der Waals surface area contributed by atoms with Gasteiger partial charge in [0.1, 0.15) is 5.75 Å². The van der Waals surface area contributed by atoms with Crippen LogP contribution in [0.15, 0.2) is 24.3 Å². The summed E-state index contributed by atoms with van der Waals surface area (Å²) >= 11 is 0. The van der Waals surface area contributed by atoms with E-state index in [0.717, 1.165) is 5.56 Å². The minimum atomic E-state index is -0.452. The van der Waals surface area contributed by atoms with Crippen molar-refractivity contribution in [2.75, 3.05) is 0 Å². The molecule has 0 aliphatic heterocycles. The van der Waals surface area contributed by atoms with Crippen LogP contribution in [0.5, 0.6) is 5.75 Å². The molecule has 4 nitrogen and oxygen atoms in total. The van der Waals surface area contributed by atoms with Gasteiger partial charge in [0.25, 0.3) is 0 Å². The van der Waals surface area contributed by atoms with Crippen LogP contribution in [0.25, 0.3) is 0 Å². The maximum Gasteiger partial charge on any atom is 0.237 e. The Balaban J connectivity index is 2.40. The highest BCUT2D eigenvalue weighted by atomic mass is 16.3. The van der Waals surface area contributed by atoms with Crippen LogP contribution >= 0.6 is 0 Å². The van der Waals surface area contributed by atoms with Gasteiger partial charge in [0.2, 0.25) is 5.91 Å². The third kappa shape index (κ3) is 4.87. The molecule has 0 aromatic heterocycles. The van der Waals surface area contributed by atoms with Crippen molar-refractivity contribution >= 4 is 5.91 Å². The van der Waals surface area contributed by atoms with Crippen LogP contribution in [0, 0.1) is 5.92 Å². The zero-order valence-corrected chi connectivity index (χ0v) is 10.3. The van der Waals surface area contributed by atoms with Crippen molar-refractivity contribution in [2.45, 2.75) is 32.9 Å². The first-order chi connectivity index (χ1) is 7.99. The third-order valence-corrected chi connectivity index (χ3v) is 2.47. The molecule has 0 bridgehead atoms. The normalized spacial score (nSPS) is 12.5. The lowest BCUT2D eigenvalue weighted by molar-refractivity contribution is -0.122. The van der Waals surface area contributed by atoms with E-state index in [2.05, 4.69) is 5.32 Å². The molecule has 0 aliphatic rings. The standard InChI is InChI=1S/C13H20N2O2/c1-9(2)7-12(14)13(17)15-8-10-3-5-11(16)6-4-10/h3-6,9,12,16H,7-8,14H2,1-2H3,(H,15,17). The maximum absolute atomic E-state index is 11.6. The molecule has 1 aromatic carbocycles. The smallest absolute Gasteiger partial charge is 0.237 e. The van der Waals surface area contributed by atoms with Gasteiger partial charge in [0, 0.05) is 6.54 Å². The van der Waals surface area contributed by atoms with Crippen molar-refractivity contribution < 1.29 is 9.90 Å². The largest absolute Gasteiger partial charge is 0.508 e. The maximum atomic E-state index is 11.6. The molecule has 0 saturated carbocycles. The van der Waals surface area contributed by atoms with Crippen LogP contribution in [-0.2, 0) is 11.3 Å². The molecule has 1 aromatic rings. The summed E-state index contributed by atoms with van der Waals surface area (Å²) in [6, 6.07) is 6.27. The van der Waals surface area contributed by atoms with Crippen LogP contribution in [-0.4, -0.2) is 17.1 Å². The second kappa shape index (κ2) is 6.25. The first kappa shape index (κ1) is 13.5. The molecule has 0 radical (unpaired) electrons. The lowest BCUT2D eigenvalue weighted by Gasteiger charge is -2.14. The fourth-order valence-corrected chi connectivity index (χ4v) is 1.55. The molecule has 17 heavy (non-hydrogen) atoms. The van der Waals surface area contributed by atoms with E-state index in [0.29, 0.717) is 18.9 Å². The van der Waals surface area contributed by atoms with Gasteiger partial charge in [-0.3, -0.25) is 4.79 Å². The van der Waals surface area contributed by atoms with E-state index in [1.165, 1.54) is 0 Å². The average molecular weight is 236 g/mol. The Labute approximate surface area is 102 Å². The summed E-state index contributed by atoms with van der Waals surface area (Å²) in [7, 11) is 0. The van der Waals surface area contributed by atoms with Crippen molar-refractivity contribution in [1.29, 1.82) is 0 Å². The van der Waals surface area contributed by atoms with E-state index in [-0.39, 0.29) is 11.7 Å². The molecule has 0 spiro atoms. The number of phenolic OH excluding ortho intramolecular Hbond substituents is 1. The molecule has 94 valence electrons. The summed E-state index contributed by atoms with van der Waals surface area (Å²) in [5.41, 5.74) is 6.69. The molecule has 4 heteroatoms. The first-order valence-electron chi connectivity index (χ1n) is 5.80. The van der Waals surface area contributed by atoms with Crippen molar-refractivity contribution in [3.63, 3.8) is 0 Å². The number of nitrogens with two attached hydrogens (primary N) is 1. The zero-order valence-electron chi connectivity index (χ0n) is 10.3. The summed E-state index contributed by atoms with van der Waals surface area (Å²) in [5, 5.41) is 11.9. The van der Waals surface area contributed by atoms with Crippen LogP contribution in [0.4, 0.5) is 0 Å². The highest BCUT2D eigenvalue weighted by molar-refractivity contribution is 5.81. The number of phenols is 1. The van der Waals surface area contributed by atoms with Gasteiger partial charge in [-0.1, -0.05) is 26.0 Å². The zero-order chi connectivity index (χ0) is 12.8. The van der Waals surface area contributed by atoms with E-state index in [4.69, 9.17) is 10.8 Å². The lowest BCUT2D eigenvalue weighted by Crippen LogP contribution is -2.40. The Morgan fingerprint density at radius 1 is 1.35 bits per heavy atom. The van der Waals surface area contributed by atoms with Gasteiger partial charge in [0.05, 0.1) is 6.04 Å². The fourth-order valence-electron chi connectivity index (χ4n) is 1.55. The Hall–Kier alpha value is -1.55. The number of aromatic hydroxyl groups is 1. The van der Waals surface area contributed by atoms with Gasteiger partial charge in [0.15, 0.2) is 0 Å². The third-order valence-electron chi connectivity index (χ3n) is 2.47. The van der Waals surface area contributed by atoms with E-state index in [9.17, 15) is 4.79 Å². The van der Waals surface area contributed by atoms with Crippen molar-refractivity contribution in [1.82, 2.24) is 5.32 Å². The molecular weight excluding hydrogens is 216 g/mol. The van der Waals surface area contributed by atoms with Gasteiger partial charge in [-0.05, 0) is 30.0 Å². The Kier molecular flexibility index (Phi) is 4.97. The van der Waals surface area contributed by atoms with Crippen LogP contribution in [0.1, 0.15) is 25.8 Å². The summed E-state index contributed by atoms with van der Waals surface area (Å²) in [6.07, 6.45) is 0.682. The number of rotatable bonds is 5. The molecule has 0 fully saturated rings. The SMILES string of the molecule is CC(C)CC(N)C(=O)NCc1ccc(O)cc1. The Bertz CT molecular complexity index is 360. The Morgan fingerprint density at radius 2 is 1.94 bits per heavy atom. The molecule has 0 aliphatic carbocycles.